The van der Waals surface area contributed by atoms with Gasteiger partial charge in [-0.05, 0) is 37.2 Å². The summed E-state index contributed by atoms with van der Waals surface area (Å²) < 4.78 is 0. The summed E-state index contributed by atoms with van der Waals surface area (Å²) in [7, 11) is 0. The van der Waals surface area contributed by atoms with Crippen LogP contribution in [0.2, 0.25) is 0 Å². The standard InChI is InChI=1S/C18H24N2O5/c1-12(2)15-7-6-14(10-16(15)20(24)25)18(23)19-9-3-4-13(11-19)5-8-17(21)22/h6-7,10,12-13H,3-5,8-9,11H2,1-2H3,(H,21,22). The number of hydrogen-bond donors (Lipinski definition) is 1. The normalized spacial score (nSPS) is 17.6. The summed E-state index contributed by atoms with van der Waals surface area (Å²) in [5.74, 6) is -0.888. The Hall–Kier alpha value is -2.44. The molecule has 1 aliphatic rings. The zero-order valence-electron chi connectivity index (χ0n) is 14.6. The highest BCUT2D eigenvalue weighted by Crippen LogP contribution is 2.29. The Kier molecular flexibility index (Phi) is 6.12. The molecule has 1 heterocycles. The van der Waals surface area contributed by atoms with Crippen LogP contribution in [-0.2, 0) is 4.79 Å². The maximum absolute atomic E-state index is 12.7. The van der Waals surface area contributed by atoms with Crippen molar-refractivity contribution >= 4 is 17.6 Å². The second kappa shape index (κ2) is 8.09. The smallest absolute Gasteiger partial charge is 0.303 e. The Labute approximate surface area is 146 Å². The third-order valence-electron chi connectivity index (χ3n) is 4.67. The van der Waals surface area contributed by atoms with E-state index in [2.05, 4.69) is 0 Å². The van der Waals surface area contributed by atoms with Gasteiger partial charge in [-0.25, -0.2) is 0 Å². The predicted molar refractivity (Wildman–Crippen MR) is 92.7 cm³/mol. The van der Waals surface area contributed by atoms with E-state index in [0.29, 0.717) is 30.6 Å². The van der Waals surface area contributed by atoms with Crippen LogP contribution in [0.5, 0.6) is 0 Å². The molecule has 0 bridgehead atoms. The van der Waals surface area contributed by atoms with Gasteiger partial charge in [0.05, 0.1) is 4.92 Å². The Morgan fingerprint density at radius 3 is 2.72 bits per heavy atom. The molecule has 7 nitrogen and oxygen atoms in total. The lowest BCUT2D eigenvalue weighted by Crippen LogP contribution is -2.40. The summed E-state index contributed by atoms with van der Waals surface area (Å²) in [6.45, 7) is 4.86. The molecule has 0 saturated carbocycles. The molecule has 25 heavy (non-hydrogen) atoms. The zero-order chi connectivity index (χ0) is 18.6. The van der Waals surface area contributed by atoms with E-state index in [1.807, 2.05) is 13.8 Å². The molecule has 1 unspecified atom stereocenters. The van der Waals surface area contributed by atoms with E-state index >= 15 is 0 Å². The number of carboxylic acid groups (broad SMARTS) is 1. The van der Waals surface area contributed by atoms with Gasteiger partial charge in [-0.2, -0.15) is 0 Å². The monoisotopic (exact) mass is 348 g/mol. The molecule has 1 amide bonds. The first-order valence-corrected chi connectivity index (χ1v) is 8.59. The largest absolute Gasteiger partial charge is 0.481 e. The first-order chi connectivity index (χ1) is 11.8. The number of nitro groups is 1. The minimum absolute atomic E-state index is 0.0000576. The first-order valence-electron chi connectivity index (χ1n) is 8.59. The summed E-state index contributed by atoms with van der Waals surface area (Å²) in [5, 5.41) is 20.1. The fourth-order valence-corrected chi connectivity index (χ4v) is 3.32. The number of piperidine rings is 1. The molecule has 0 radical (unpaired) electrons. The van der Waals surface area contributed by atoms with E-state index in [-0.39, 0.29) is 29.9 Å². The maximum Gasteiger partial charge on any atom is 0.303 e. The predicted octanol–water partition coefficient (Wildman–Crippen LogP) is 3.44. The zero-order valence-corrected chi connectivity index (χ0v) is 14.6. The van der Waals surface area contributed by atoms with E-state index in [4.69, 9.17) is 5.11 Å². The molecule has 1 atom stereocenters. The maximum atomic E-state index is 12.7. The van der Waals surface area contributed by atoms with Crippen LogP contribution in [0.4, 0.5) is 5.69 Å². The Morgan fingerprint density at radius 2 is 2.12 bits per heavy atom. The van der Waals surface area contributed by atoms with Gasteiger partial charge in [0.15, 0.2) is 0 Å². The lowest BCUT2D eigenvalue weighted by atomic mass is 9.92. The number of carbonyl (C=O) groups is 2. The second-order valence-corrected chi connectivity index (χ2v) is 6.88. The molecule has 2 rings (SSSR count). The van der Waals surface area contributed by atoms with Gasteiger partial charge in [-0.15, -0.1) is 0 Å². The highest BCUT2D eigenvalue weighted by Gasteiger charge is 2.27. The topological polar surface area (TPSA) is 101 Å². The average Bonchev–Trinajstić information content (AvgIpc) is 2.58. The van der Waals surface area contributed by atoms with Gasteiger partial charge in [-0.3, -0.25) is 19.7 Å². The molecular formula is C18H24N2O5. The lowest BCUT2D eigenvalue weighted by molar-refractivity contribution is -0.385. The van der Waals surface area contributed by atoms with E-state index < -0.39 is 10.9 Å². The van der Waals surface area contributed by atoms with Gasteiger partial charge in [-0.1, -0.05) is 19.9 Å². The van der Waals surface area contributed by atoms with Crippen molar-refractivity contribution < 1.29 is 19.6 Å². The van der Waals surface area contributed by atoms with Crippen LogP contribution in [0, 0.1) is 16.0 Å². The van der Waals surface area contributed by atoms with Crippen LogP contribution in [0.1, 0.15) is 61.4 Å². The van der Waals surface area contributed by atoms with Crippen molar-refractivity contribution in [2.24, 2.45) is 5.92 Å². The van der Waals surface area contributed by atoms with E-state index in [0.717, 1.165) is 12.8 Å². The van der Waals surface area contributed by atoms with Gasteiger partial charge in [0.2, 0.25) is 0 Å². The Bertz CT molecular complexity index is 671. The number of carboxylic acids is 1. The van der Waals surface area contributed by atoms with Crippen LogP contribution < -0.4 is 0 Å². The number of nitro benzene ring substituents is 1. The highest BCUT2D eigenvalue weighted by atomic mass is 16.6. The summed E-state index contributed by atoms with van der Waals surface area (Å²) >= 11 is 0. The Morgan fingerprint density at radius 1 is 1.40 bits per heavy atom. The van der Waals surface area contributed by atoms with Gasteiger partial charge in [0, 0.05) is 36.7 Å². The number of rotatable bonds is 6. The number of amides is 1. The van der Waals surface area contributed by atoms with Gasteiger partial charge >= 0.3 is 5.97 Å². The molecule has 1 N–H and O–H groups in total. The third-order valence-corrected chi connectivity index (χ3v) is 4.67. The van der Waals surface area contributed by atoms with Crippen molar-refractivity contribution in [1.29, 1.82) is 0 Å². The number of benzene rings is 1. The average molecular weight is 348 g/mol. The number of carbonyl (C=O) groups excluding carboxylic acids is 1. The summed E-state index contributed by atoms with van der Waals surface area (Å²) in [6.07, 6.45) is 2.37. The number of aliphatic carboxylic acids is 1. The van der Waals surface area contributed by atoms with Gasteiger partial charge < -0.3 is 10.0 Å². The second-order valence-electron chi connectivity index (χ2n) is 6.88. The minimum Gasteiger partial charge on any atom is -0.481 e. The van der Waals surface area contributed by atoms with Crippen LogP contribution in [0.25, 0.3) is 0 Å². The van der Waals surface area contributed by atoms with Crippen molar-refractivity contribution in [2.45, 2.75) is 45.4 Å². The molecule has 0 aromatic heterocycles. The molecule has 0 spiro atoms. The fourth-order valence-electron chi connectivity index (χ4n) is 3.32. The molecule has 1 saturated heterocycles. The van der Waals surface area contributed by atoms with Crippen LogP contribution in [0.3, 0.4) is 0 Å². The summed E-state index contributed by atoms with van der Waals surface area (Å²) in [4.78, 5) is 36.0. The van der Waals surface area contributed by atoms with Crippen molar-refractivity contribution in [1.82, 2.24) is 4.90 Å². The molecule has 1 fully saturated rings. The highest BCUT2D eigenvalue weighted by molar-refractivity contribution is 5.95. The van der Waals surface area contributed by atoms with E-state index in [9.17, 15) is 19.7 Å². The number of nitrogens with zero attached hydrogens (tertiary/aromatic N) is 2. The molecule has 0 aliphatic carbocycles. The molecule has 7 heteroatoms. The lowest BCUT2D eigenvalue weighted by Gasteiger charge is -2.32. The van der Waals surface area contributed by atoms with Crippen LogP contribution >= 0.6 is 0 Å². The quantitative estimate of drug-likeness (QED) is 0.627. The van der Waals surface area contributed by atoms with Gasteiger partial charge in [0.25, 0.3) is 11.6 Å². The fraction of sp³-hybridized carbons (Fsp3) is 0.556. The minimum atomic E-state index is -0.830. The molecular weight excluding hydrogens is 324 g/mol. The third kappa shape index (κ3) is 4.78. The van der Waals surface area contributed by atoms with Crippen LogP contribution in [-0.4, -0.2) is 39.9 Å². The molecule has 1 aliphatic heterocycles. The van der Waals surface area contributed by atoms with Crippen molar-refractivity contribution in [3.8, 4) is 0 Å². The van der Waals surface area contributed by atoms with E-state index in [1.165, 1.54) is 6.07 Å². The SMILES string of the molecule is CC(C)c1ccc(C(=O)N2CCCC(CCC(=O)O)C2)cc1[N+](=O)[O-]. The van der Waals surface area contributed by atoms with Crippen molar-refractivity contribution in [3.63, 3.8) is 0 Å². The summed E-state index contributed by atoms with van der Waals surface area (Å²) in [5.41, 5.74) is 0.898. The van der Waals surface area contributed by atoms with Gasteiger partial charge in [0.1, 0.15) is 0 Å². The van der Waals surface area contributed by atoms with Crippen molar-refractivity contribution in [3.05, 3.63) is 39.4 Å². The number of hydrogen-bond acceptors (Lipinski definition) is 4. The summed E-state index contributed by atoms with van der Waals surface area (Å²) in [6, 6.07) is 4.66. The van der Waals surface area contributed by atoms with Crippen LogP contribution in [0.15, 0.2) is 18.2 Å². The molecule has 136 valence electrons. The first kappa shape index (κ1) is 18.9. The number of likely N-dealkylation sites (tertiary alicyclic amines) is 1. The Balaban J connectivity index is 2.15. The molecule has 1 aromatic rings. The molecule has 1 aromatic carbocycles. The van der Waals surface area contributed by atoms with E-state index in [1.54, 1.807) is 17.0 Å². The van der Waals surface area contributed by atoms with Crippen molar-refractivity contribution in [2.75, 3.05) is 13.1 Å².